The minimum atomic E-state index is -4.35. The number of hydrogen-bond donors (Lipinski definition) is 3. The number of anilines is 1. The van der Waals surface area contributed by atoms with Crippen LogP contribution < -0.4 is 40.6 Å². The summed E-state index contributed by atoms with van der Waals surface area (Å²) in [5.41, 5.74) is 4.76. The summed E-state index contributed by atoms with van der Waals surface area (Å²) in [5, 5.41) is 2.08. The molecule has 0 atom stereocenters. The molecule has 8 heteroatoms. The molecule has 0 unspecified atom stereocenters. The van der Waals surface area contributed by atoms with E-state index >= 15 is 0 Å². The molecular weight excluding hydrogens is 231 g/mol. The Morgan fingerprint density at radius 3 is 2.40 bits per heavy atom. The van der Waals surface area contributed by atoms with Crippen LogP contribution in [0, 0.1) is 0 Å². The smallest absolute Gasteiger partial charge is 1.00 e. The Morgan fingerprint density at radius 2 is 1.93 bits per heavy atom. The first-order valence-electron chi connectivity index (χ1n) is 3.54. The molecule has 0 bridgehead atoms. The van der Waals surface area contributed by atoms with Crippen LogP contribution in [0.25, 0.3) is 0 Å². The zero-order chi connectivity index (χ0) is 10.8. The summed E-state index contributed by atoms with van der Waals surface area (Å²) in [5.74, 6) is 0. The van der Waals surface area contributed by atoms with Crippen molar-refractivity contribution < 1.29 is 48.7 Å². The summed E-state index contributed by atoms with van der Waals surface area (Å²) in [6, 6.07) is 4.48. The molecule has 15 heavy (non-hydrogen) atoms. The molecule has 0 fully saturated rings. The summed E-state index contributed by atoms with van der Waals surface area (Å²) in [6.45, 7) is 0. The maximum atomic E-state index is 10.8. The first kappa shape index (κ1) is 14.4. The molecule has 2 amide bonds. The maximum absolute atomic E-state index is 10.8. The molecule has 1 aromatic carbocycles. The fourth-order valence-electron chi connectivity index (χ4n) is 0.928. The van der Waals surface area contributed by atoms with Crippen molar-refractivity contribution in [1.82, 2.24) is 0 Å². The zero-order valence-corrected chi connectivity index (χ0v) is 10.8. The molecule has 0 saturated heterocycles. The van der Waals surface area contributed by atoms with Crippen molar-refractivity contribution in [3.63, 3.8) is 0 Å². The van der Waals surface area contributed by atoms with Gasteiger partial charge in [0.05, 0.1) is 5.69 Å². The van der Waals surface area contributed by atoms with E-state index in [1.807, 2.05) is 0 Å². The van der Waals surface area contributed by atoms with Crippen molar-refractivity contribution in [3.8, 4) is 0 Å². The number of para-hydroxylation sites is 1. The predicted octanol–water partition coefficient (Wildman–Crippen LogP) is -2.46. The molecule has 78 valence electrons. The molecule has 1 aromatic rings. The summed E-state index contributed by atoms with van der Waals surface area (Å²) in [4.78, 5) is 10.1. The molecule has 0 spiro atoms. The van der Waals surface area contributed by atoms with E-state index in [0.29, 0.717) is 0 Å². The van der Waals surface area contributed by atoms with Gasteiger partial charge in [0.1, 0.15) is 4.90 Å². The van der Waals surface area contributed by atoms with Crippen LogP contribution in [-0.2, 0) is 10.1 Å². The van der Waals surface area contributed by atoms with Crippen LogP contribution in [0.2, 0.25) is 0 Å². The number of benzene rings is 1. The quantitative estimate of drug-likeness (QED) is 0.393. The van der Waals surface area contributed by atoms with Gasteiger partial charge >= 0.3 is 35.6 Å². The minimum absolute atomic E-state index is 0. The molecule has 0 radical (unpaired) electrons. The van der Waals surface area contributed by atoms with Gasteiger partial charge in [-0.25, -0.2) is 4.79 Å². The molecule has 4 N–H and O–H groups in total. The van der Waals surface area contributed by atoms with Crippen LogP contribution in [-0.4, -0.2) is 19.0 Å². The number of rotatable bonds is 2. The van der Waals surface area contributed by atoms with Crippen LogP contribution >= 0.6 is 0 Å². The Bertz CT molecular complexity index is 465. The van der Waals surface area contributed by atoms with Crippen molar-refractivity contribution >= 4 is 21.8 Å². The second-order valence-electron chi connectivity index (χ2n) is 2.46. The SMILES string of the molecule is NC(=O)Nc1ccccc1S(=O)(=O)O.[H-].[Na+]. The second kappa shape index (κ2) is 5.47. The average Bonchev–Trinajstić information content (AvgIpc) is 2.01. The van der Waals surface area contributed by atoms with Gasteiger partial charge < -0.3 is 12.5 Å². The van der Waals surface area contributed by atoms with Crippen LogP contribution in [0.5, 0.6) is 0 Å². The number of urea groups is 1. The van der Waals surface area contributed by atoms with Gasteiger partial charge in [0.25, 0.3) is 10.1 Å². The Morgan fingerprint density at radius 1 is 1.40 bits per heavy atom. The van der Waals surface area contributed by atoms with Crippen LogP contribution in [0.4, 0.5) is 10.5 Å². The Balaban J connectivity index is 0. The number of primary amides is 1. The maximum Gasteiger partial charge on any atom is 1.00 e. The van der Waals surface area contributed by atoms with Gasteiger partial charge in [-0.1, -0.05) is 12.1 Å². The van der Waals surface area contributed by atoms with Crippen molar-refractivity contribution in [1.29, 1.82) is 0 Å². The Kier molecular flexibility index (Phi) is 5.26. The van der Waals surface area contributed by atoms with E-state index in [2.05, 4.69) is 5.32 Å². The van der Waals surface area contributed by atoms with Crippen molar-refractivity contribution in [2.75, 3.05) is 5.32 Å². The normalized spacial score (nSPS) is 10.2. The van der Waals surface area contributed by atoms with Crippen molar-refractivity contribution in [2.24, 2.45) is 5.73 Å². The molecule has 0 aliphatic carbocycles. The number of hydrogen-bond acceptors (Lipinski definition) is 3. The summed E-state index contributed by atoms with van der Waals surface area (Å²) >= 11 is 0. The number of amides is 2. The monoisotopic (exact) mass is 240 g/mol. The Hall–Kier alpha value is -0.600. The van der Waals surface area contributed by atoms with Crippen molar-refractivity contribution in [2.45, 2.75) is 4.90 Å². The fraction of sp³-hybridized carbons (Fsp3) is 0. The molecule has 0 aliphatic rings. The molecule has 0 heterocycles. The molecular formula is C7H9N2NaO4S. The molecule has 0 saturated carbocycles. The second-order valence-corrected chi connectivity index (χ2v) is 3.85. The first-order valence-corrected chi connectivity index (χ1v) is 4.98. The van der Waals surface area contributed by atoms with Gasteiger partial charge in [0.2, 0.25) is 0 Å². The first-order chi connectivity index (χ1) is 6.41. The third-order valence-electron chi connectivity index (χ3n) is 1.42. The van der Waals surface area contributed by atoms with Crippen LogP contribution in [0.3, 0.4) is 0 Å². The minimum Gasteiger partial charge on any atom is -1.00 e. The van der Waals surface area contributed by atoms with E-state index in [1.165, 1.54) is 18.2 Å². The third kappa shape index (κ3) is 4.18. The van der Waals surface area contributed by atoms with E-state index < -0.39 is 16.1 Å². The van der Waals surface area contributed by atoms with Crippen LogP contribution in [0.1, 0.15) is 1.43 Å². The number of nitrogens with one attached hydrogen (secondary N) is 1. The molecule has 0 aromatic heterocycles. The predicted molar refractivity (Wildman–Crippen MR) is 50.6 cm³/mol. The summed E-state index contributed by atoms with van der Waals surface area (Å²) in [6.07, 6.45) is 0. The largest absolute Gasteiger partial charge is 1.00 e. The van der Waals surface area contributed by atoms with E-state index in [1.54, 1.807) is 0 Å². The van der Waals surface area contributed by atoms with E-state index in [4.69, 9.17) is 10.3 Å². The Labute approximate surface area is 110 Å². The van der Waals surface area contributed by atoms with E-state index in [0.717, 1.165) is 6.07 Å². The van der Waals surface area contributed by atoms with Gasteiger partial charge in [0, 0.05) is 0 Å². The van der Waals surface area contributed by atoms with Crippen LogP contribution in [0.15, 0.2) is 29.2 Å². The van der Waals surface area contributed by atoms with Gasteiger partial charge in [-0.2, -0.15) is 8.42 Å². The fourth-order valence-corrected chi connectivity index (χ4v) is 1.58. The van der Waals surface area contributed by atoms with Gasteiger partial charge in [-0.15, -0.1) is 0 Å². The summed E-state index contributed by atoms with van der Waals surface area (Å²) < 4.78 is 30.4. The molecule has 6 nitrogen and oxygen atoms in total. The number of carbonyl (C=O) groups is 1. The van der Waals surface area contributed by atoms with Crippen molar-refractivity contribution in [3.05, 3.63) is 24.3 Å². The average molecular weight is 240 g/mol. The van der Waals surface area contributed by atoms with Gasteiger partial charge in [-0.05, 0) is 12.1 Å². The zero-order valence-electron chi connectivity index (χ0n) is 8.97. The number of carbonyl (C=O) groups excluding carboxylic acids is 1. The topological polar surface area (TPSA) is 109 Å². The molecule has 1 rings (SSSR count). The standard InChI is InChI=1S/C7H8N2O4S.Na.H/c8-7(10)9-5-3-1-2-4-6(5)14(11,12)13;;/h1-4H,(H3,8,9,10)(H,11,12,13);;/q;+1;-1. The third-order valence-corrected chi connectivity index (χ3v) is 2.33. The number of nitrogens with two attached hydrogens (primary N) is 1. The van der Waals surface area contributed by atoms with E-state index in [-0.39, 0.29) is 41.6 Å². The van der Waals surface area contributed by atoms with E-state index in [9.17, 15) is 13.2 Å². The van der Waals surface area contributed by atoms with Gasteiger partial charge in [0.15, 0.2) is 0 Å². The van der Waals surface area contributed by atoms with Gasteiger partial charge in [-0.3, -0.25) is 4.55 Å². The molecule has 0 aliphatic heterocycles. The summed E-state index contributed by atoms with van der Waals surface area (Å²) in [7, 11) is -4.35.